The van der Waals surface area contributed by atoms with Gasteiger partial charge in [-0.3, -0.25) is 9.80 Å². The molecular weight excluding hydrogens is 693 g/mol. The van der Waals surface area contributed by atoms with E-state index >= 15 is 0 Å². The lowest BCUT2D eigenvalue weighted by atomic mass is 9.50. The van der Waals surface area contributed by atoms with Crippen LogP contribution in [-0.2, 0) is 30.1 Å². The lowest BCUT2D eigenvalue weighted by Crippen LogP contribution is -2.66. The summed E-state index contributed by atoms with van der Waals surface area (Å²) in [6, 6.07) is 20.9. The van der Waals surface area contributed by atoms with Gasteiger partial charge in [-0.1, -0.05) is 108 Å². The van der Waals surface area contributed by atoms with Gasteiger partial charge in [0.15, 0.2) is 23.0 Å². The van der Waals surface area contributed by atoms with Crippen LogP contribution in [0.25, 0.3) is 0 Å². The Hall–Kier alpha value is -3.74. The Bertz CT molecular complexity index is 2070. The zero-order valence-corrected chi connectivity index (χ0v) is 34.8. The SMILES string of the molecule is CCCCN1CC[C@@]23c4c5ccc(OC)c4O[C@@H]2C(C)(C)C=CC3[C@@H]1C5.COc1ccc2c3c1O[C@@H]1C(C)(C)C=CC4[C@H](C2)N(CCc2ccccc2)CC[C@]341. The Morgan fingerprint density at radius 3 is 1.64 bits per heavy atom. The largest absolute Gasteiger partial charge is 0.493 e. The molecule has 296 valence electrons. The fraction of sp³-hybridized carbons (Fsp3) is 0.560. The van der Waals surface area contributed by atoms with Crippen molar-refractivity contribution in [1.82, 2.24) is 9.80 Å². The van der Waals surface area contributed by atoms with Crippen molar-refractivity contribution in [1.29, 1.82) is 0 Å². The first-order valence-corrected chi connectivity index (χ1v) is 21.7. The number of methoxy groups -OCH3 is 2. The highest BCUT2D eigenvalue weighted by molar-refractivity contribution is 5.64. The van der Waals surface area contributed by atoms with Crippen LogP contribution in [-0.4, -0.2) is 74.5 Å². The van der Waals surface area contributed by atoms with Crippen LogP contribution in [0.5, 0.6) is 23.0 Å². The molecule has 2 fully saturated rings. The van der Waals surface area contributed by atoms with Crippen LogP contribution >= 0.6 is 0 Å². The van der Waals surface area contributed by atoms with Crippen molar-refractivity contribution in [3.63, 3.8) is 0 Å². The maximum atomic E-state index is 6.79. The minimum atomic E-state index is 0.0197. The van der Waals surface area contributed by atoms with Crippen LogP contribution in [0.1, 0.15) is 88.1 Å². The first-order valence-electron chi connectivity index (χ1n) is 21.7. The highest BCUT2D eigenvalue weighted by atomic mass is 16.5. The molecule has 2 saturated heterocycles. The Morgan fingerprint density at radius 1 is 0.661 bits per heavy atom. The first-order chi connectivity index (χ1) is 27.1. The van der Waals surface area contributed by atoms with Crippen molar-refractivity contribution in [3.05, 3.63) is 107 Å². The van der Waals surface area contributed by atoms with E-state index in [0.717, 1.165) is 61.8 Å². The number of unbranched alkanes of at least 4 members (excludes halogenated alkanes) is 1. The molecule has 6 nitrogen and oxygen atoms in total. The minimum Gasteiger partial charge on any atom is -0.493 e. The molecule has 4 bridgehead atoms. The first kappa shape index (κ1) is 36.6. The minimum absolute atomic E-state index is 0.0197. The third-order valence-corrected chi connectivity index (χ3v) is 15.8. The van der Waals surface area contributed by atoms with Crippen LogP contribution in [0.15, 0.2) is 78.9 Å². The molecule has 0 amide bonds. The van der Waals surface area contributed by atoms with Gasteiger partial charge in [0, 0.05) is 63.3 Å². The summed E-state index contributed by atoms with van der Waals surface area (Å²) in [7, 11) is 3.53. The number of hydrogen-bond donors (Lipinski definition) is 0. The van der Waals surface area contributed by atoms with E-state index < -0.39 is 0 Å². The van der Waals surface area contributed by atoms with Crippen LogP contribution < -0.4 is 18.9 Å². The number of rotatable bonds is 8. The smallest absolute Gasteiger partial charge is 0.165 e. The highest BCUT2D eigenvalue weighted by Crippen LogP contribution is 2.67. The fourth-order valence-electron chi connectivity index (χ4n) is 13.4. The predicted molar refractivity (Wildman–Crippen MR) is 223 cm³/mol. The van der Waals surface area contributed by atoms with Crippen LogP contribution in [0.4, 0.5) is 0 Å². The van der Waals surface area contributed by atoms with Crippen LogP contribution in [0, 0.1) is 22.7 Å². The summed E-state index contributed by atoms with van der Waals surface area (Å²) in [4.78, 5) is 5.53. The molecule has 0 radical (unpaired) electrons. The second-order valence-electron chi connectivity index (χ2n) is 19.5. The van der Waals surface area contributed by atoms with E-state index in [9.17, 15) is 0 Å². The second-order valence-corrected chi connectivity index (χ2v) is 19.5. The monoisotopic (exact) mass is 754 g/mol. The zero-order chi connectivity index (χ0) is 38.6. The molecule has 3 aromatic rings. The summed E-state index contributed by atoms with van der Waals surface area (Å²) in [6.45, 7) is 16.3. The van der Waals surface area contributed by atoms with Crippen molar-refractivity contribution in [3.8, 4) is 23.0 Å². The standard InChI is InChI=1S/C27H31NO2.C23H31NO2/c1-26(2)13-11-20-21-17-19-9-10-22(29-3)24-23(19)27(20,25(26)30-24)14-16-28(21)15-12-18-7-5-4-6-8-18;1-5-6-12-24-13-11-23-16-9-10-22(2,3)21(23)26-20-18(25-4)8-7-15(19(20)23)14-17(16)24/h4-11,13,20-21,25H,12,14-17H2,1-3H3;7-10,16-17,21H,5-6,11-14H2,1-4H3/t20?,21-,25+,27+;16?,17-,21+,23+/m00/s1. The molecule has 2 spiro atoms. The van der Waals surface area contributed by atoms with Crippen molar-refractivity contribution in [2.75, 3.05) is 40.4 Å². The van der Waals surface area contributed by atoms with Crippen molar-refractivity contribution >= 4 is 0 Å². The van der Waals surface area contributed by atoms with Gasteiger partial charge < -0.3 is 18.9 Å². The summed E-state index contributed by atoms with van der Waals surface area (Å²) in [5, 5.41) is 0. The number of nitrogens with zero attached hydrogens (tertiary/aromatic N) is 2. The average molecular weight is 755 g/mol. The van der Waals surface area contributed by atoms with Gasteiger partial charge in [0.1, 0.15) is 12.2 Å². The molecule has 0 aromatic heterocycles. The van der Waals surface area contributed by atoms with Crippen LogP contribution in [0.3, 0.4) is 0 Å². The molecule has 6 heteroatoms. The summed E-state index contributed by atoms with van der Waals surface area (Å²) < 4.78 is 25.0. The molecule has 4 aliphatic carbocycles. The summed E-state index contributed by atoms with van der Waals surface area (Å²) >= 11 is 0. The van der Waals surface area contributed by atoms with Gasteiger partial charge in [-0.2, -0.15) is 0 Å². The number of ether oxygens (including phenoxy) is 4. The topological polar surface area (TPSA) is 43.4 Å². The summed E-state index contributed by atoms with van der Waals surface area (Å²) in [5.41, 5.74) is 7.64. The summed E-state index contributed by atoms with van der Waals surface area (Å²) in [6.07, 6.45) is 18.6. The maximum absolute atomic E-state index is 6.79. The predicted octanol–water partition coefficient (Wildman–Crippen LogP) is 9.12. The maximum Gasteiger partial charge on any atom is 0.165 e. The second kappa shape index (κ2) is 13.1. The van der Waals surface area contributed by atoms with Gasteiger partial charge >= 0.3 is 0 Å². The number of benzene rings is 3. The van der Waals surface area contributed by atoms with Crippen molar-refractivity contribution < 1.29 is 18.9 Å². The third kappa shape index (κ3) is 5.06. The van der Waals surface area contributed by atoms with Crippen LogP contribution in [0.2, 0.25) is 0 Å². The quantitative estimate of drug-likeness (QED) is 0.214. The Kier molecular flexibility index (Phi) is 8.59. The average Bonchev–Trinajstić information content (AvgIpc) is 3.74. The summed E-state index contributed by atoms with van der Waals surface area (Å²) in [5.74, 6) is 4.95. The highest BCUT2D eigenvalue weighted by Gasteiger charge is 2.67. The van der Waals surface area contributed by atoms with E-state index in [1.165, 1.54) is 60.2 Å². The Morgan fingerprint density at radius 2 is 1.16 bits per heavy atom. The van der Waals surface area contributed by atoms with Crippen molar-refractivity contribution in [2.45, 2.75) is 115 Å². The molecule has 4 aliphatic heterocycles. The number of piperidine rings is 2. The molecule has 11 rings (SSSR count). The van der Waals surface area contributed by atoms with E-state index in [-0.39, 0.29) is 33.9 Å². The third-order valence-electron chi connectivity index (χ3n) is 15.8. The molecular formula is C50H62N2O4. The van der Waals surface area contributed by atoms with E-state index in [0.29, 0.717) is 23.9 Å². The molecule has 56 heavy (non-hydrogen) atoms. The molecule has 0 saturated carbocycles. The number of likely N-dealkylation sites (tertiary alicyclic amines) is 2. The Balaban J connectivity index is 0.000000139. The molecule has 8 atom stereocenters. The van der Waals surface area contributed by atoms with Gasteiger partial charge in [0.05, 0.1) is 14.2 Å². The fourth-order valence-corrected chi connectivity index (χ4v) is 13.4. The van der Waals surface area contributed by atoms with E-state index in [1.54, 1.807) is 14.2 Å². The lowest BCUT2D eigenvalue weighted by Gasteiger charge is -2.59. The molecule has 0 N–H and O–H groups in total. The molecule has 3 aromatic carbocycles. The van der Waals surface area contributed by atoms with Gasteiger partial charge in [-0.15, -0.1) is 0 Å². The Labute approximate surface area is 335 Å². The van der Waals surface area contributed by atoms with Crippen molar-refractivity contribution in [2.24, 2.45) is 22.7 Å². The van der Waals surface area contributed by atoms with E-state index in [1.807, 2.05) is 0 Å². The zero-order valence-electron chi connectivity index (χ0n) is 34.8. The normalized spacial score (nSPS) is 34.0. The van der Waals surface area contributed by atoms with Gasteiger partial charge in [0.2, 0.25) is 0 Å². The van der Waals surface area contributed by atoms with Gasteiger partial charge in [-0.25, -0.2) is 0 Å². The molecule has 8 aliphatic rings. The van der Waals surface area contributed by atoms with E-state index in [2.05, 4.69) is 123 Å². The van der Waals surface area contributed by atoms with Gasteiger partial charge in [0.25, 0.3) is 0 Å². The lowest BCUT2D eigenvalue weighted by molar-refractivity contribution is -0.0468. The van der Waals surface area contributed by atoms with E-state index in [4.69, 9.17) is 18.9 Å². The number of hydrogen-bond acceptors (Lipinski definition) is 6. The van der Waals surface area contributed by atoms with Gasteiger partial charge in [-0.05, 0) is 87.0 Å². The molecule has 2 unspecified atom stereocenters. The molecule has 4 heterocycles.